The number of nitrogens with zero attached hydrogens (tertiary/aromatic N) is 3. The number of benzene rings is 1. The third-order valence-corrected chi connectivity index (χ3v) is 5.28. The highest BCUT2D eigenvalue weighted by atomic mass is 16.8. The lowest BCUT2D eigenvalue weighted by Gasteiger charge is -2.29. The van der Waals surface area contributed by atoms with Gasteiger partial charge in [0, 0.05) is 14.1 Å². The van der Waals surface area contributed by atoms with Crippen LogP contribution < -0.4 is 15.5 Å². The summed E-state index contributed by atoms with van der Waals surface area (Å²) in [5.41, 5.74) is 1.01. The zero-order chi connectivity index (χ0) is 24.5. The minimum absolute atomic E-state index is 0.0651. The Morgan fingerprint density at radius 3 is 2.55 bits per heavy atom. The molecule has 0 aliphatic heterocycles. The Balaban J connectivity index is 1.95. The third-order valence-electron chi connectivity index (χ3n) is 5.28. The monoisotopic (exact) mass is 457 g/mol. The van der Waals surface area contributed by atoms with Crippen molar-refractivity contribution in [3.8, 4) is 5.75 Å². The molecule has 33 heavy (non-hydrogen) atoms. The summed E-state index contributed by atoms with van der Waals surface area (Å²) in [6, 6.07) is 6.28. The minimum Gasteiger partial charge on any atom is -0.504 e. The molecule has 10 heteroatoms. The van der Waals surface area contributed by atoms with Gasteiger partial charge in [-0.25, -0.2) is 0 Å². The molecule has 3 N–H and O–H groups in total. The lowest BCUT2D eigenvalue weighted by Crippen LogP contribution is -2.29. The van der Waals surface area contributed by atoms with E-state index in [1.54, 1.807) is 32.5 Å². The van der Waals surface area contributed by atoms with Crippen LogP contribution in [0.3, 0.4) is 0 Å². The number of furan rings is 1. The molecule has 2 aromatic heterocycles. The summed E-state index contributed by atoms with van der Waals surface area (Å²) < 4.78 is 10.6. The normalized spacial score (nSPS) is 12.6. The van der Waals surface area contributed by atoms with Crippen LogP contribution in [0.25, 0.3) is 0 Å². The molecule has 1 atom stereocenters. The van der Waals surface area contributed by atoms with Gasteiger partial charge in [-0.1, -0.05) is 45.6 Å². The highest BCUT2D eigenvalue weighted by molar-refractivity contribution is 5.98. The first kappa shape index (κ1) is 24.0. The number of carbonyl (C=O) groups excluding carboxylic acids is 1. The van der Waals surface area contributed by atoms with Crippen LogP contribution in [-0.2, 0) is 0 Å². The molecule has 0 spiro atoms. The van der Waals surface area contributed by atoms with E-state index in [0.29, 0.717) is 11.7 Å². The van der Waals surface area contributed by atoms with Gasteiger partial charge in [-0.05, 0) is 40.3 Å². The Morgan fingerprint density at radius 1 is 1.27 bits per heavy atom. The molecule has 0 bridgehead atoms. The number of hydrogen-bond acceptors (Lipinski definition) is 8. The molecule has 1 aromatic carbocycles. The summed E-state index contributed by atoms with van der Waals surface area (Å²) in [6.45, 7) is 10.3. The predicted molar refractivity (Wildman–Crippen MR) is 123 cm³/mol. The topological polar surface area (TPSA) is 131 Å². The fraction of sp³-hybridized carbons (Fsp3) is 0.435. The standard InChI is InChI=1S/C23H31N5O5/c1-13(2)14-11-17(32-12-14)19(23(3,4)5)25-20-21(28(31)33-26-20)24-16-10-8-9-15(18(16)29)22(30)27(6)7/h8-13,19,24,29H,1-7H3,(H,25,26)/t19-/m0/s1. The number of amides is 1. The fourth-order valence-electron chi connectivity index (χ4n) is 3.31. The highest BCUT2D eigenvalue weighted by Gasteiger charge is 2.33. The summed E-state index contributed by atoms with van der Waals surface area (Å²) in [6.07, 6.45) is 1.72. The average molecular weight is 458 g/mol. The molecule has 2 heterocycles. The third kappa shape index (κ3) is 5.05. The van der Waals surface area contributed by atoms with E-state index in [2.05, 4.69) is 29.6 Å². The van der Waals surface area contributed by atoms with E-state index in [0.717, 1.165) is 5.56 Å². The molecule has 0 unspecified atom stereocenters. The van der Waals surface area contributed by atoms with Gasteiger partial charge in [0.1, 0.15) is 11.4 Å². The van der Waals surface area contributed by atoms with Gasteiger partial charge in [0.2, 0.25) is 0 Å². The largest absolute Gasteiger partial charge is 0.504 e. The maximum Gasteiger partial charge on any atom is 0.324 e. The Labute approximate surface area is 192 Å². The van der Waals surface area contributed by atoms with Crippen molar-refractivity contribution in [1.29, 1.82) is 0 Å². The van der Waals surface area contributed by atoms with Crippen LogP contribution >= 0.6 is 0 Å². The van der Waals surface area contributed by atoms with E-state index in [1.165, 1.54) is 11.0 Å². The molecule has 0 saturated heterocycles. The SMILES string of the molecule is CC(C)c1coc([C@H](Nc2no[n+]([O-])c2Nc2cccc(C(=O)N(C)C)c2O)C(C)(C)C)c1. The van der Waals surface area contributed by atoms with E-state index in [9.17, 15) is 15.1 Å². The molecule has 10 nitrogen and oxygen atoms in total. The van der Waals surface area contributed by atoms with Gasteiger partial charge in [0.25, 0.3) is 11.7 Å². The first-order valence-electron chi connectivity index (χ1n) is 10.6. The van der Waals surface area contributed by atoms with Crippen molar-refractivity contribution in [3.05, 3.63) is 52.6 Å². The Kier molecular flexibility index (Phi) is 6.57. The van der Waals surface area contributed by atoms with Crippen molar-refractivity contribution in [3.63, 3.8) is 0 Å². The molecule has 0 saturated carbocycles. The summed E-state index contributed by atoms with van der Waals surface area (Å²) in [5.74, 6) is 0.404. The molecule has 0 aliphatic carbocycles. The Hall–Kier alpha value is -3.69. The van der Waals surface area contributed by atoms with E-state index >= 15 is 0 Å². The van der Waals surface area contributed by atoms with Gasteiger partial charge >= 0.3 is 5.82 Å². The second-order valence-electron chi connectivity index (χ2n) is 9.53. The number of aromatic hydroxyl groups is 1. The second kappa shape index (κ2) is 9.05. The maximum atomic E-state index is 12.3. The average Bonchev–Trinajstić information content (AvgIpc) is 3.34. The molecular formula is C23H31N5O5. The van der Waals surface area contributed by atoms with Gasteiger partial charge in [0.05, 0.1) is 17.9 Å². The lowest BCUT2D eigenvalue weighted by atomic mass is 9.85. The first-order valence-corrected chi connectivity index (χ1v) is 10.6. The Morgan fingerprint density at radius 2 is 1.97 bits per heavy atom. The number of phenols is 1. The first-order chi connectivity index (χ1) is 15.4. The minimum atomic E-state index is -0.374. The zero-order valence-electron chi connectivity index (χ0n) is 20.0. The molecule has 0 fully saturated rings. The molecule has 3 rings (SSSR count). The number of rotatable bonds is 7. The van der Waals surface area contributed by atoms with E-state index in [1.807, 2.05) is 26.8 Å². The quantitative estimate of drug-likeness (QED) is 0.352. The van der Waals surface area contributed by atoms with Crippen LogP contribution in [0.4, 0.5) is 17.3 Å². The van der Waals surface area contributed by atoms with E-state index in [-0.39, 0.29) is 50.9 Å². The summed E-state index contributed by atoms with van der Waals surface area (Å²) in [5, 5.41) is 32.9. The van der Waals surface area contributed by atoms with Crippen LogP contribution in [0.15, 0.2) is 39.6 Å². The van der Waals surface area contributed by atoms with Gasteiger partial charge in [-0.3, -0.25) is 10.1 Å². The van der Waals surface area contributed by atoms with Crippen LogP contribution in [0, 0.1) is 10.6 Å². The van der Waals surface area contributed by atoms with E-state index in [4.69, 9.17) is 9.05 Å². The van der Waals surface area contributed by atoms with Crippen LogP contribution in [0.1, 0.15) is 68.3 Å². The van der Waals surface area contributed by atoms with Crippen LogP contribution in [0.2, 0.25) is 0 Å². The predicted octanol–water partition coefficient (Wildman–Crippen LogP) is 4.37. The van der Waals surface area contributed by atoms with E-state index < -0.39 is 0 Å². The van der Waals surface area contributed by atoms with Crippen LogP contribution in [0.5, 0.6) is 5.75 Å². The van der Waals surface area contributed by atoms with Crippen molar-refractivity contribution in [1.82, 2.24) is 10.1 Å². The number of aromatic nitrogens is 2. The molecule has 1 amide bonds. The molecule has 0 radical (unpaired) electrons. The number of hydrogen-bond donors (Lipinski definition) is 3. The highest BCUT2D eigenvalue weighted by Crippen LogP contribution is 2.39. The molecule has 0 aliphatic rings. The summed E-state index contributed by atoms with van der Waals surface area (Å²) in [4.78, 5) is 13.9. The fourth-order valence-corrected chi connectivity index (χ4v) is 3.31. The summed E-state index contributed by atoms with van der Waals surface area (Å²) >= 11 is 0. The van der Waals surface area contributed by atoms with Crippen molar-refractivity contribution in [2.75, 3.05) is 24.7 Å². The Bertz CT molecular complexity index is 1130. The van der Waals surface area contributed by atoms with Crippen molar-refractivity contribution in [2.45, 2.75) is 46.6 Å². The second-order valence-corrected chi connectivity index (χ2v) is 9.53. The number of anilines is 3. The van der Waals surface area contributed by atoms with Crippen molar-refractivity contribution >= 4 is 23.2 Å². The number of nitrogens with one attached hydrogen (secondary N) is 2. The molecular weight excluding hydrogens is 426 g/mol. The van der Waals surface area contributed by atoms with Gasteiger partial charge in [-0.2, -0.15) is 0 Å². The molecule has 3 aromatic rings. The van der Waals surface area contributed by atoms with Crippen LogP contribution in [-0.4, -0.2) is 35.2 Å². The zero-order valence-corrected chi connectivity index (χ0v) is 20.0. The number of para-hydroxylation sites is 1. The van der Waals surface area contributed by atoms with Gasteiger partial charge in [0.15, 0.2) is 5.75 Å². The number of phenolic OH excluding ortho intramolecular Hbond substituents is 1. The molecule has 178 valence electrons. The van der Waals surface area contributed by atoms with Crippen molar-refractivity contribution in [2.24, 2.45) is 5.41 Å². The smallest absolute Gasteiger partial charge is 0.324 e. The van der Waals surface area contributed by atoms with Gasteiger partial charge in [-0.15, -0.1) is 0 Å². The number of carbonyl (C=O) groups is 1. The van der Waals surface area contributed by atoms with Crippen molar-refractivity contribution < 1.29 is 23.9 Å². The maximum absolute atomic E-state index is 12.3. The lowest BCUT2D eigenvalue weighted by molar-refractivity contribution is -0.790. The summed E-state index contributed by atoms with van der Waals surface area (Å²) in [7, 11) is 3.17. The van der Waals surface area contributed by atoms with Gasteiger partial charge < -0.3 is 29.6 Å².